The molecule has 3 atom stereocenters. The van der Waals surface area contributed by atoms with E-state index in [1.165, 1.54) is 23.1 Å². The maximum absolute atomic E-state index is 13.4. The summed E-state index contributed by atoms with van der Waals surface area (Å²) in [6.07, 6.45) is 1.67. The number of nitrogens with one attached hydrogen (secondary N) is 4. The lowest BCUT2D eigenvalue weighted by molar-refractivity contribution is -0.139. The van der Waals surface area contributed by atoms with E-state index in [2.05, 4.69) is 21.3 Å². The fourth-order valence-electron chi connectivity index (χ4n) is 6.09. The molecule has 3 aromatic rings. The first-order chi connectivity index (χ1) is 25.6. The van der Waals surface area contributed by atoms with Crippen LogP contribution in [0.4, 0.5) is 16.2 Å². The van der Waals surface area contributed by atoms with E-state index in [-0.39, 0.29) is 59.1 Å². The molecule has 54 heavy (non-hydrogen) atoms. The van der Waals surface area contributed by atoms with E-state index in [1.54, 1.807) is 37.4 Å². The summed E-state index contributed by atoms with van der Waals surface area (Å²) < 4.78 is 27.8. The zero-order chi connectivity index (χ0) is 39.6. The Balaban J connectivity index is 1.29. The van der Waals surface area contributed by atoms with Crippen molar-refractivity contribution in [2.24, 2.45) is 5.92 Å². The average molecular weight is 802 g/mol. The molecular formula is C38H46Cl2N6O7S. The van der Waals surface area contributed by atoms with Crippen molar-refractivity contribution in [3.05, 3.63) is 87.9 Å². The fourth-order valence-corrected chi connectivity index (χ4v) is 8.47. The van der Waals surface area contributed by atoms with Crippen LogP contribution in [0.15, 0.2) is 71.6 Å². The number of hydrogen-bond donors (Lipinski definition) is 4. The van der Waals surface area contributed by atoms with Gasteiger partial charge in [0.15, 0.2) is 0 Å². The predicted octanol–water partition coefficient (Wildman–Crippen LogP) is 5.40. The highest BCUT2D eigenvalue weighted by Gasteiger charge is 2.40. The molecule has 13 nitrogen and oxygen atoms in total. The number of nitrogens with zero attached hydrogens (tertiary/aromatic N) is 2. The van der Waals surface area contributed by atoms with Crippen LogP contribution in [0.3, 0.4) is 0 Å². The van der Waals surface area contributed by atoms with Gasteiger partial charge in [0, 0.05) is 41.6 Å². The molecule has 3 aromatic carbocycles. The third-order valence-corrected chi connectivity index (χ3v) is 11.3. The molecule has 0 bridgehead atoms. The van der Waals surface area contributed by atoms with E-state index in [9.17, 15) is 32.4 Å². The summed E-state index contributed by atoms with van der Waals surface area (Å²) in [6, 6.07) is 14.9. The molecule has 16 heteroatoms. The van der Waals surface area contributed by atoms with E-state index < -0.39 is 46.0 Å². The van der Waals surface area contributed by atoms with Crippen molar-refractivity contribution in [1.29, 1.82) is 0 Å². The van der Waals surface area contributed by atoms with Crippen molar-refractivity contribution in [2.45, 2.75) is 75.9 Å². The highest BCUT2D eigenvalue weighted by Crippen LogP contribution is 2.30. The minimum Gasteiger partial charge on any atom is -0.354 e. The Morgan fingerprint density at radius 1 is 0.981 bits per heavy atom. The van der Waals surface area contributed by atoms with Crippen molar-refractivity contribution < 1.29 is 32.4 Å². The normalized spacial score (nSPS) is 15.6. The molecular weight excluding hydrogens is 755 g/mol. The van der Waals surface area contributed by atoms with Gasteiger partial charge in [-0.1, -0.05) is 67.4 Å². The largest absolute Gasteiger partial charge is 0.354 e. The van der Waals surface area contributed by atoms with E-state index >= 15 is 0 Å². The summed E-state index contributed by atoms with van der Waals surface area (Å²) in [5.41, 5.74) is 2.85. The van der Waals surface area contributed by atoms with Crippen molar-refractivity contribution >= 4 is 74.6 Å². The lowest BCUT2D eigenvalue weighted by Crippen LogP contribution is -2.51. The minimum atomic E-state index is -4.11. The number of benzene rings is 3. The van der Waals surface area contributed by atoms with Gasteiger partial charge in [0.25, 0.3) is 0 Å². The smallest absolute Gasteiger partial charge is 0.323 e. The van der Waals surface area contributed by atoms with Gasteiger partial charge in [0.2, 0.25) is 27.7 Å². The van der Waals surface area contributed by atoms with Gasteiger partial charge in [-0.25, -0.2) is 13.2 Å². The van der Waals surface area contributed by atoms with Crippen LogP contribution in [-0.4, -0.2) is 85.9 Å². The zero-order valence-corrected chi connectivity index (χ0v) is 32.9. The number of urea groups is 1. The van der Waals surface area contributed by atoms with E-state index in [0.717, 1.165) is 9.87 Å². The number of anilines is 2. The molecule has 1 fully saturated rings. The number of rotatable bonds is 16. The number of aryl methyl sites for hydroxylation is 1. The molecule has 4 N–H and O–H groups in total. The maximum Gasteiger partial charge on any atom is 0.323 e. The minimum absolute atomic E-state index is 0.0126. The highest BCUT2D eigenvalue weighted by atomic mass is 35.5. The number of halogens is 2. The summed E-state index contributed by atoms with van der Waals surface area (Å²) >= 11 is 12.0. The molecule has 5 amide bonds. The number of hydrogen-bond acceptors (Lipinski definition) is 7. The summed E-state index contributed by atoms with van der Waals surface area (Å²) in [5, 5.41) is 11.2. The summed E-state index contributed by atoms with van der Waals surface area (Å²) in [6.45, 7) is 5.88. The summed E-state index contributed by atoms with van der Waals surface area (Å²) in [7, 11) is -2.55. The third kappa shape index (κ3) is 11.5. The number of likely N-dealkylation sites (N-methyl/N-ethyl adjacent to an activating group) is 1. The first kappa shape index (κ1) is 42.2. The second kappa shape index (κ2) is 19.2. The summed E-state index contributed by atoms with van der Waals surface area (Å²) in [5.74, 6) is -1.27. The Bertz CT molecular complexity index is 1920. The lowest BCUT2D eigenvalue weighted by atomic mass is 10.0. The Morgan fingerprint density at radius 3 is 2.28 bits per heavy atom. The Labute approximate surface area is 326 Å². The third-order valence-electron chi connectivity index (χ3n) is 9.01. The quantitative estimate of drug-likeness (QED) is 0.140. The second-order valence-corrected chi connectivity index (χ2v) is 16.4. The lowest BCUT2D eigenvalue weighted by Gasteiger charge is -2.29. The monoisotopic (exact) mass is 800 g/mol. The molecule has 4 rings (SSSR count). The van der Waals surface area contributed by atoms with Crippen LogP contribution in [-0.2, 0) is 35.6 Å². The Kier molecular flexibility index (Phi) is 15.0. The van der Waals surface area contributed by atoms with Crippen LogP contribution in [0.2, 0.25) is 10.0 Å². The van der Waals surface area contributed by atoms with Gasteiger partial charge in [0.05, 0.1) is 17.4 Å². The molecule has 1 saturated heterocycles. The van der Waals surface area contributed by atoms with E-state index in [0.29, 0.717) is 36.1 Å². The van der Waals surface area contributed by atoms with Gasteiger partial charge in [-0.3, -0.25) is 14.4 Å². The summed E-state index contributed by atoms with van der Waals surface area (Å²) in [4.78, 5) is 65.7. The molecule has 0 saturated carbocycles. The molecule has 290 valence electrons. The Hall–Kier alpha value is -4.50. The molecule has 1 aliphatic heterocycles. The topological polar surface area (TPSA) is 174 Å². The molecule has 0 aromatic heterocycles. The average Bonchev–Trinajstić information content (AvgIpc) is 3.63. The highest BCUT2D eigenvalue weighted by molar-refractivity contribution is 7.89. The van der Waals surface area contributed by atoms with Gasteiger partial charge < -0.3 is 31.0 Å². The van der Waals surface area contributed by atoms with E-state index in [4.69, 9.17) is 23.2 Å². The molecule has 0 spiro atoms. The van der Waals surface area contributed by atoms with Crippen molar-refractivity contribution in [3.8, 4) is 0 Å². The number of carbonyl (C=O) groups excluding carboxylic acids is 5. The van der Waals surface area contributed by atoms with Crippen LogP contribution in [0.25, 0.3) is 0 Å². The number of para-hydroxylation sites is 1. The maximum atomic E-state index is 13.4. The van der Waals surface area contributed by atoms with Crippen LogP contribution in [0.1, 0.15) is 50.7 Å². The van der Waals surface area contributed by atoms with Gasteiger partial charge in [-0.15, -0.1) is 0 Å². The van der Waals surface area contributed by atoms with Crippen LogP contribution >= 0.6 is 23.2 Å². The van der Waals surface area contributed by atoms with Gasteiger partial charge in [0.1, 0.15) is 18.4 Å². The fraction of sp³-hybridized carbons (Fsp3) is 0.395. The van der Waals surface area contributed by atoms with Crippen molar-refractivity contribution in [2.75, 3.05) is 30.8 Å². The molecule has 1 aliphatic rings. The molecule has 0 radical (unpaired) electrons. The number of sulfonamides is 1. The van der Waals surface area contributed by atoms with Crippen LogP contribution in [0, 0.1) is 12.8 Å². The first-order valence-corrected chi connectivity index (χ1v) is 19.8. The van der Waals surface area contributed by atoms with Crippen molar-refractivity contribution in [1.82, 2.24) is 19.8 Å². The number of aldehydes is 1. The SMILES string of the molecule is Cc1ccccc1NC(=O)Nc1ccc(CC(=O)N(C)[C@@H](CC(C)C)C(=O)NCC[C@@H](C=O)NC(=O)[C@@H]2CCCN2S(=O)(=O)c2cc(Cl)cc(Cl)c2)cc1. The predicted molar refractivity (Wildman–Crippen MR) is 209 cm³/mol. The van der Waals surface area contributed by atoms with Crippen molar-refractivity contribution in [3.63, 3.8) is 0 Å². The first-order valence-electron chi connectivity index (χ1n) is 17.6. The zero-order valence-electron chi connectivity index (χ0n) is 30.6. The Morgan fingerprint density at radius 2 is 1.65 bits per heavy atom. The molecule has 1 heterocycles. The number of amides is 5. The standard InChI is InChI=1S/C38H46Cl2N6O7S/c1-24(2)18-34(45(4)35(48)19-26-11-13-29(14-12-26)43-38(51)44-32-9-6-5-8-25(32)3)36(49)41-16-15-30(23-47)42-37(50)33-10-7-17-46(33)54(52,53)31-21-27(39)20-28(40)22-31/h5-6,8-9,11-14,20-24,30,33-34H,7,10,15-19H2,1-4H3,(H,41,49)(H,42,50)(H2,43,44,51)/t30-,33-,34-/m0/s1. The van der Waals surface area contributed by atoms with Crippen LogP contribution < -0.4 is 21.3 Å². The molecule has 0 unspecified atom stereocenters. The van der Waals surface area contributed by atoms with Gasteiger partial charge in [-0.2, -0.15) is 4.31 Å². The second-order valence-electron chi connectivity index (χ2n) is 13.6. The number of carbonyl (C=O) groups is 5. The van der Waals surface area contributed by atoms with Gasteiger partial charge >= 0.3 is 6.03 Å². The van der Waals surface area contributed by atoms with Gasteiger partial charge in [-0.05, 0) is 86.1 Å². The molecule has 0 aliphatic carbocycles. The van der Waals surface area contributed by atoms with Crippen LogP contribution in [0.5, 0.6) is 0 Å². The van der Waals surface area contributed by atoms with E-state index in [1.807, 2.05) is 39.0 Å².